The lowest BCUT2D eigenvalue weighted by atomic mass is 9.95. The normalized spacial score (nSPS) is 36.9. The van der Waals surface area contributed by atoms with Crippen molar-refractivity contribution in [1.29, 1.82) is 0 Å². The van der Waals surface area contributed by atoms with Gasteiger partial charge in [-0.05, 0) is 19.4 Å². The number of hydrogen-bond acceptors (Lipinski definition) is 4. The first kappa shape index (κ1) is 8.97. The highest BCUT2D eigenvalue weighted by Crippen LogP contribution is 2.37. The lowest BCUT2D eigenvalue weighted by Gasteiger charge is -2.28. The second-order valence-electron chi connectivity index (χ2n) is 3.92. The van der Waals surface area contributed by atoms with Crippen LogP contribution in [0.15, 0.2) is 5.16 Å². The van der Waals surface area contributed by atoms with Gasteiger partial charge in [0, 0.05) is 18.5 Å². The predicted octanol–water partition coefficient (Wildman–Crippen LogP) is 0.219. The number of fused-ring (bicyclic) bond motifs is 1. The molecule has 0 aliphatic carbocycles. The molecular formula is C9H16N2O2. The van der Waals surface area contributed by atoms with E-state index in [0.29, 0.717) is 0 Å². The molecule has 2 rings (SSSR count). The van der Waals surface area contributed by atoms with Gasteiger partial charge in [0.05, 0.1) is 12.3 Å². The zero-order valence-electron chi connectivity index (χ0n) is 7.99. The number of rotatable bonds is 2. The molecule has 0 saturated carbocycles. The lowest BCUT2D eigenvalue weighted by Crippen LogP contribution is -2.41. The van der Waals surface area contributed by atoms with E-state index in [0.717, 1.165) is 31.6 Å². The van der Waals surface area contributed by atoms with Crippen LogP contribution >= 0.6 is 0 Å². The second kappa shape index (κ2) is 3.27. The molecule has 2 fully saturated rings. The van der Waals surface area contributed by atoms with Crippen molar-refractivity contribution in [2.24, 2.45) is 5.16 Å². The maximum Gasteiger partial charge on any atom is 0.106 e. The van der Waals surface area contributed by atoms with Crippen molar-refractivity contribution in [3.8, 4) is 0 Å². The molecule has 0 bridgehead atoms. The summed E-state index contributed by atoms with van der Waals surface area (Å²) in [6, 6.07) is 0. The molecule has 1 unspecified atom stereocenters. The predicted molar refractivity (Wildman–Crippen MR) is 49.7 cm³/mol. The third-order valence-corrected chi connectivity index (χ3v) is 3.16. The van der Waals surface area contributed by atoms with E-state index in [9.17, 15) is 5.11 Å². The Labute approximate surface area is 78.2 Å². The highest BCUT2D eigenvalue weighted by Gasteiger charge is 2.46. The highest BCUT2D eigenvalue weighted by molar-refractivity contribution is 5.89. The first-order chi connectivity index (χ1) is 6.30. The van der Waals surface area contributed by atoms with Crippen LogP contribution in [0.1, 0.15) is 19.3 Å². The molecule has 1 N–H and O–H groups in total. The molecule has 13 heavy (non-hydrogen) atoms. The van der Waals surface area contributed by atoms with Crippen LogP contribution in [0.5, 0.6) is 0 Å². The zero-order valence-corrected chi connectivity index (χ0v) is 7.99. The fourth-order valence-corrected chi connectivity index (χ4v) is 2.52. The van der Waals surface area contributed by atoms with Crippen LogP contribution in [0.2, 0.25) is 0 Å². The number of aliphatic hydroxyl groups is 1. The first-order valence-corrected chi connectivity index (χ1v) is 4.75. The molecule has 0 spiro atoms. The molecule has 0 radical (unpaired) electrons. The molecule has 4 nitrogen and oxygen atoms in total. The van der Waals surface area contributed by atoms with Gasteiger partial charge in [0.15, 0.2) is 0 Å². The summed E-state index contributed by atoms with van der Waals surface area (Å²) in [5, 5.41) is 13.3. The van der Waals surface area contributed by atoms with Crippen molar-refractivity contribution in [3.63, 3.8) is 0 Å². The van der Waals surface area contributed by atoms with E-state index in [1.165, 1.54) is 6.42 Å². The van der Waals surface area contributed by atoms with Crippen LogP contribution < -0.4 is 0 Å². The minimum absolute atomic E-state index is 0.00262. The Kier molecular flexibility index (Phi) is 2.26. The van der Waals surface area contributed by atoms with Crippen LogP contribution in [0, 0.1) is 0 Å². The Balaban J connectivity index is 2.13. The largest absolute Gasteiger partial charge is 0.399 e. The van der Waals surface area contributed by atoms with Crippen LogP contribution in [0.25, 0.3) is 0 Å². The van der Waals surface area contributed by atoms with Gasteiger partial charge < -0.3 is 9.94 Å². The molecule has 2 aliphatic rings. The summed E-state index contributed by atoms with van der Waals surface area (Å²) in [6.07, 6.45) is 3.16. The van der Waals surface area contributed by atoms with Gasteiger partial charge in [0.2, 0.25) is 0 Å². The summed E-state index contributed by atoms with van der Waals surface area (Å²) in [5.74, 6) is 0. The molecule has 0 aromatic heterocycles. The van der Waals surface area contributed by atoms with Crippen molar-refractivity contribution >= 4 is 5.71 Å². The van der Waals surface area contributed by atoms with Gasteiger partial charge in [-0.3, -0.25) is 4.90 Å². The van der Waals surface area contributed by atoms with Gasteiger partial charge in [-0.2, -0.15) is 0 Å². The van der Waals surface area contributed by atoms with E-state index < -0.39 is 0 Å². The zero-order chi connectivity index (χ0) is 9.31. The topological polar surface area (TPSA) is 45.1 Å². The van der Waals surface area contributed by atoms with E-state index in [1.54, 1.807) is 7.11 Å². The number of nitrogens with zero attached hydrogens (tertiary/aromatic N) is 2. The van der Waals surface area contributed by atoms with E-state index in [1.807, 2.05) is 0 Å². The average Bonchev–Trinajstić information content (AvgIpc) is 2.61. The number of hydrogen-bond donors (Lipinski definition) is 1. The molecule has 74 valence electrons. The van der Waals surface area contributed by atoms with Crippen LogP contribution in [-0.4, -0.2) is 48.1 Å². The van der Waals surface area contributed by atoms with Gasteiger partial charge in [0.25, 0.3) is 0 Å². The van der Waals surface area contributed by atoms with Crippen molar-refractivity contribution < 1.29 is 9.94 Å². The summed E-state index contributed by atoms with van der Waals surface area (Å²) >= 11 is 0. The van der Waals surface area contributed by atoms with E-state index in [4.69, 9.17) is 4.84 Å². The van der Waals surface area contributed by atoms with Crippen molar-refractivity contribution in [2.45, 2.75) is 24.8 Å². The molecule has 0 aromatic rings. The van der Waals surface area contributed by atoms with Gasteiger partial charge in [-0.15, -0.1) is 0 Å². The lowest BCUT2D eigenvalue weighted by molar-refractivity contribution is 0.1000. The van der Waals surface area contributed by atoms with Gasteiger partial charge in [-0.25, -0.2) is 0 Å². The van der Waals surface area contributed by atoms with Gasteiger partial charge in [0.1, 0.15) is 7.11 Å². The smallest absolute Gasteiger partial charge is 0.106 e. The Bertz CT molecular complexity index is 230. The van der Waals surface area contributed by atoms with Crippen molar-refractivity contribution in [1.82, 2.24) is 4.90 Å². The fraction of sp³-hybridized carbons (Fsp3) is 0.889. The molecular weight excluding hydrogens is 168 g/mol. The summed E-state index contributed by atoms with van der Waals surface area (Å²) in [6.45, 7) is 2.20. The summed E-state index contributed by atoms with van der Waals surface area (Å²) < 4.78 is 0. The Morgan fingerprint density at radius 3 is 3.15 bits per heavy atom. The van der Waals surface area contributed by atoms with Gasteiger partial charge in [-0.1, -0.05) is 5.16 Å². The first-order valence-electron chi connectivity index (χ1n) is 4.75. The summed E-state index contributed by atoms with van der Waals surface area (Å²) in [4.78, 5) is 7.08. The molecule has 4 heteroatoms. The Morgan fingerprint density at radius 1 is 1.69 bits per heavy atom. The molecule has 2 heterocycles. The molecule has 2 aliphatic heterocycles. The van der Waals surface area contributed by atoms with E-state index in [-0.39, 0.29) is 12.1 Å². The third kappa shape index (κ3) is 1.34. The van der Waals surface area contributed by atoms with Crippen LogP contribution in [-0.2, 0) is 4.84 Å². The molecule has 0 aromatic carbocycles. The summed E-state index contributed by atoms with van der Waals surface area (Å²) in [7, 11) is 1.57. The maximum absolute atomic E-state index is 9.38. The molecule has 1 atom stereocenters. The van der Waals surface area contributed by atoms with Crippen molar-refractivity contribution in [2.75, 3.05) is 26.8 Å². The average molecular weight is 184 g/mol. The SMILES string of the molecule is CO/N=C1\CN2CCCC2(CO)C1. The highest BCUT2D eigenvalue weighted by atomic mass is 16.6. The van der Waals surface area contributed by atoms with Gasteiger partial charge >= 0.3 is 0 Å². The third-order valence-electron chi connectivity index (χ3n) is 3.16. The monoisotopic (exact) mass is 184 g/mol. The Hall–Kier alpha value is -0.610. The summed E-state index contributed by atoms with van der Waals surface area (Å²) in [5.41, 5.74) is 1.06. The van der Waals surface area contributed by atoms with E-state index >= 15 is 0 Å². The van der Waals surface area contributed by atoms with E-state index in [2.05, 4.69) is 10.1 Å². The fourth-order valence-electron chi connectivity index (χ4n) is 2.52. The standard InChI is InChI=1S/C9H16N2O2/c1-13-10-8-5-9(7-12)3-2-4-11(9)6-8/h12H,2-7H2,1H3/b10-8-. The van der Waals surface area contributed by atoms with Crippen LogP contribution in [0.3, 0.4) is 0 Å². The maximum atomic E-state index is 9.38. The quantitative estimate of drug-likeness (QED) is 0.624. The minimum Gasteiger partial charge on any atom is -0.399 e. The second-order valence-corrected chi connectivity index (χ2v) is 3.92. The minimum atomic E-state index is -0.00262. The van der Waals surface area contributed by atoms with Crippen LogP contribution in [0.4, 0.5) is 0 Å². The Morgan fingerprint density at radius 2 is 2.54 bits per heavy atom. The number of oxime groups is 1. The number of aliphatic hydroxyl groups excluding tert-OH is 1. The van der Waals surface area contributed by atoms with Crippen molar-refractivity contribution in [3.05, 3.63) is 0 Å². The molecule has 0 amide bonds. The molecule has 2 saturated heterocycles.